The lowest BCUT2D eigenvalue weighted by atomic mass is 10.2. The number of nitrogens with two attached hydrogens (primary N) is 1. The van der Waals surface area contributed by atoms with E-state index in [1.165, 1.54) is 11.6 Å². The van der Waals surface area contributed by atoms with Gasteiger partial charge in [-0.2, -0.15) is 5.10 Å². The van der Waals surface area contributed by atoms with E-state index in [1.54, 1.807) is 24.0 Å². The maximum absolute atomic E-state index is 12.2. The fourth-order valence-electron chi connectivity index (χ4n) is 2.05. The summed E-state index contributed by atoms with van der Waals surface area (Å²) in [7, 11) is 3.21. The third kappa shape index (κ3) is 2.83. The van der Waals surface area contributed by atoms with Gasteiger partial charge in [0, 0.05) is 32.9 Å². The van der Waals surface area contributed by atoms with Crippen molar-refractivity contribution in [3.8, 4) is 0 Å². The number of nitrogen functional groups attached to an aromatic ring is 1. The highest BCUT2D eigenvalue weighted by atomic mass is 16.2. The van der Waals surface area contributed by atoms with Crippen LogP contribution < -0.4 is 22.3 Å². The zero-order chi connectivity index (χ0) is 15.7. The fourth-order valence-corrected chi connectivity index (χ4v) is 2.05. The highest BCUT2D eigenvalue weighted by Gasteiger charge is 2.16. The van der Waals surface area contributed by atoms with Crippen LogP contribution in [0.15, 0.2) is 21.9 Å². The van der Waals surface area contributed by atoms with Gasteiger partial charge < -0.3 is 11.1 Å². The first-order chi connectivity index (χ1) is 9.81. The number of hydrogen-bond donors (Lipinski definition) is 2. The van der Waals surface area contributed by atoms with E-state index in [1.807, 2.05) is 13.8 Å². The lowest BCUT2D eigenvalue weighted by molar-refractivity contribution is 0.494. The molecule has 2 heterocycles. The lowest BCUT2D eigenvalue weighted by Crippen LogP contribution is -2.41. The van der Waals surface area contributed by atoms with Crippen molar-refractivity contribution >= 4 is 17.3 Å². The van der Waals surface area contributed by atoms with Crippen LogP contribution >= 0.6 is 0 Å². The molecule has 0 aromatic carbocycles. The van der Waals surface area contributed by atoms with Gasteiger partial charge in [0.15, 0.2) is 5.82 Å². The Morgan fingerprint density at radius 3 is 2.52 bits per heavy atom. The van der Waals surface area contributed by atoms with Crippen LogP contribution in [0.5, 0.6) is 0 Å². The van der Waals surface area contributed by atoms with Crippen LogP contribution in [0, 0.1) is 5.92 Å². The van der Waals surface area contributed by atoms with Crippen molar-refractivity contribution in [2.45, 2.75) is 20.4 Å². The molecule has 0 aliphatic rings. The van der Waals surface area contributed by atoms with Gasteiger partial charge in [0.1, 0.15) is 11.5 Å². The van der Waals surface area contributed by atoms with E-state index in [2.05, 4.69) is 10.4 Å². The number of hydrogen-bond acceptors (Lipinski definition) is 5. The Hall–Kier alpha value is -2.51. The first-order valence-electron chi connectivity index (χ1n) is 6.67. The summed E-state index contributed by atoms with van der Waals surface area (Å²) in [5.74, 6) is 0.851. The molecule has 2 aromatic rings. The second kappa shape index (κ2) is 5.47. The Kier molecular flexibility index (Phi) is 3.88. The largest absolute Gasteiger partial charge is 0.383 e. The van der Waals surface area contributed by atoms with Crippen LogP contribution in [0.1, 0.15) is 13.8 Å². The van der Waals surface area contributed by atoms with Crippen molar-refractivity contribution in [3.05, 3.63) is 33.1 Å². The van der Waals surface area contributed by atoms with Crippen LogP contribution in [0.4, 0.5) is 17.3 Å². The van der Waals surface area contributed by atoms with Gasteiger partial charge in [-0.1, -0.05) is 13.8 Å². The SMILES string of the molecule is CC(C)Cn1c(N)c(Nc2ccn(C)n2)c(=O)n(C)c1=O. The van der Waals surface area contributed by atoms with Crippen molar-refractivity contribution in [2.75, 3.05) is 11.1 Å². The minimum absolute atomic E-state index is 0.127. The molecule has 8 heteroatoms. The van der Waals surface area contributed by atoms with Gasteiger partial charge in [-0.25, -0.2) is 4.79 Å². The molecule has 0 fully saturated rings. The molecule has 0 saturated carbocycles. The summed E-state index contributed by atoms with van der Waals surface area (Å²) in [6, 6.07) is 1.72. The van der Waals surface area contributed by atoms with Crippen molar-refractivity contribution < 1.29 is 0 Å². The van der Waals surface area contributed by atoms with Gasteiger partial charge in [-0.15, -0.1) is 0 Å². The van der Waals surface area contributed by atoms with Gasteiger partial charge in [0.2, 0.25) is 0 Å². The second-order valence-corrected chi connectivity index (χ2v) is 5.41. The molecular weight excluding hydrogens is 272 g/mol. The first kappa shape index (κ1) is 14.9. The Labute approximate surface area is 121 Å². The third-order valence-electron chi connectivity index (χ3n) is 3.10. The number of nitrogens with one attached hydrogen (secondary N) is 1. The Morgan fingerprint density at radius 1 is 1.33 bits per heavy atom. The Balaban J connectivity index is 2.57. The molecule has 0 aliphatic heterocycles. The summed E-state index contributed by atoms with van der Waals surface area (Å²) >= 11 is 0. The minimum atomic E-state index is -0.469. The average Bonchev–Trinajstić information content (AvgIpc) is 2.83. The van der Waals surface area contributed by atoms with E-state index in [9.17, 15) is 9.59 Å². The zero-order valence-corrected chi connectivity index (χ0v) is 12.6. The van der Waals surface area contributed by atoms with Crippen LogP contribution in [-0.2, 0) is 20.6 Å². The maximum Gasteiger partial charge on any atom is 0.332 e. The van der Waals surface area contributed by atoms with Crippen molar-refractivity contribution in [1.82, 2.24) is 18.9 Å². The topological polar surface area (TPSA) is 99.9 Å². The monoisotopic (exact) mass is 292 g/mol. The Bertz CT molecular complexity index is 768. The summed E-state index contributed by atoms with van der Waals surface area (Å²) in [5, 5.41) is 7.04. The van der Waals surface area contributed by atoms with E-state index in [0.29, 0.717) is 12.4 Å². The molecule has 0 aliphatic carbocycles. The number of anilines is 3. The normalized spacial score (nSPS) is 11.1. The number of aryl methyl sites for hydroxylation is 1. The predicted molar refractivity (Wildman–Crippen MR) is 81.7 cm³/mol. The first-order valence-corrected chi connectivity index (χ1v) is 6.67. The van der Waals surface area contributed by atoms with Crippen molar-refractivity contribution in [3.63, 3.8) is 0 Å². The molecule has 2 aromatic heterocycles. The van der Waals surface area contributed by atoms with E-state index in [-0.39, 0.29) is 17.4 Å². The van der Waals surface area contributed by atoms with Crippen LogP contribution in [0.2, 0.25) is 0 Å². The quantitative estimate of drug-likeness (QED) is 0.842. The van der Waals surface area contributed by atoms with Crippen LogP contribution in [-0.4, -0.2) is 18.9 Å². The van der Waals surface area contributed by atoms with Gasteiger partial charge in [-0.05, 0) is 5.92 Å². The average molecular weight is 292 g/mol. The summed E-state index contributed by atoms with van der Waals surface area (Å²) in [6.07, 6.45) is 1.74. The molecule has 0 bridgehead atoms. The van der Waals surface area contributed by atoms with Gasteiger partial charge in [0.05, 0.1) is 0 Å². The summed E-state index contributed by atoms with van der Waals surface area (Å²) in [6.45, 7) is 4.39. The number of nitrogens with zero attached hydrogens (tertiary/aromatic N) is 4. The molecule has 0 radical (unpaired) electrons. The molecule has 3 N–H and O–H groups in total. The van der Waals surface area contributed by atoms with Crippen LogP contribution in [0.3, 0.4) is 0 Å². The number of aromatic nitrogens is 4. The standard InChI is InChI=1S/C13H20N6O2/c1-8(2)7-19-11(14)10(12(20)18(4)13(19)21)15-9-5-6-17(3)16-9/h5-6,8H,7,14H2,1-4H3,(H,15,16). The zero-order valence-electron chi connectivity index (χ0n) is 12.6. The smallest absolute Gasteiger partial charge is 0.332 e. The summed E-state index contributed by atoms with van der Waals surface area (Å²) < 4.78 is 4.05. The van der Waals surface area contributed by atoms with E-state index >= 15 is 0 Å². The molecule has 21 heavy (non-hydrogen) atoms. The minimum Gasteiger partial charge on any atom is -0.383 e. The summed E-state index contributed by atoms with van der Waals surface area (Å²) in [4.78, 5) is 24.4. The summed E-state index contributed by atoms with van der Waals surface area (Å²) in [5.41, 5.74) is 5.28. The second-order valence-electron chi connectivity index (χ2n) is 5.41. The molecule has 0 spiro atoms. The molecule has 8 nitrogen and oxygen atoms in total. The fraction of sp³-hybridized carbons (Fsp3) is 0.462. The molecule has 114 valence electrons. The molecule has 0 saturated heterocycles. The van der Waals surface area contributed by atoms with Gasteiger partial charge in [0.25, 0.3) is 5.56 Å². The predicted octanol–water partition coefficient (Wildman–Crippen LogP) is 0.262. The van der Waals surface area contributed by atoms with E-state index < -0.39 is 11.2 Å². The molecule has 2 rings (SSSR count). The lowest BCUT2D eigenvalue weighted by Gasteiger charge is -2.16. The molecule has 0 amide bonds. The molecule has 0 unspecified atom stereocenters. The molecule has 0 atom stereocenters. The van der Waals surface area contributed by atoms with Gasteiger partial charge in [-0.3, -0.25) is 18.6 Å². The van der Waals surface area contributed by atoms with Crippen molar-refractivity contribution in [1.29, 1.82) is 0 Å². The highest BCUT2D eigenvalue weighted by Crippen LogP contribution is 2.17. The van der Waals surface area contributed by atoms with E-state index in [0.717, 1.165) is 4.57 Å². The van der Waals surface area contributed by atoms with Crippen LogP contribution in [0.25, 0.3) is 0 Å². The molecular formula is C13H20N6O2. The van der Waals surface area contributed by atoms with E-state index in [4.69, 9.17) is 5.73 Å². The van der Waals surface area contributed by atoms with Gasteiger partial charge >= 0.3 is 5.69 Å². The Morgan fingerprint density at radius 2 is 2.00 bits per heavy atom. The van der Waals surface area contributed by atoms with Crippen molar-refractivity contribution in [2.24, 2.45) is 20.0 Å². The maximum atomic E-state index is 12.2. The highest BCUT2D eigenvalue weighted by molar-refractivity contribution is 5.67. The third-order valence-corrected chi connectivity index (χ3v) is 3.10. The number of rotatable bonds is 4.